The number of fused-ring (bicyclic) bond motifs is 1. The van der Waals surface area contributed by atoms with Gasteiger partial charge in [-0.15, -0.1) is 10.2 Å². The summed E-state index contributed by atoms with van der Waals surface area (Å²) in [7, 11) is 0. The third kappa shape index (κ3) is 2.42. The average Bonchev–Trinajstić information content (AvgIpc) is 2.94. The van der Waals surface area contributed by atoms with E-state index in [2.05, 4.69) is 15.3 Å². The van der Waals surface area contributed by atoms with Crippen LogP contribution in [-0.4, -0.2) is 30.9 Å². The van der Waals surface area contributed by atoms with Crippen molar-refractivity contribution in [2.45, 2.75) is 52.9 Å². The third-order valence-corrected chi connectivity index (χ3v) is 4.77. The van der Waals surface area contributed by atoms with E-state index in [1.165, 1.54) is 11.3 Å². The SMILES string of the molecule is CCC(CC)(Cc1nn2c(C(C)C)nnc2s1)C(=O)O. The fourth-order valence-corrected chi connectivity index (χ4v) is 3.25. The van der Waals surface area contributed by atoms with Crippen molar-refractivity contribution in [1.82, 2.24) is 19.8 Å². The number of carbonyl (C=O) groups is 1. The van der Waals surface area contributed by atoms with Gasteiger partial charge in [-0.3, -0.25) is 4.79 Å². The lowest BCUT2D eigenvalue weighted by molar-refractivity contribution is -0.149. The predicted molar refractivity (Wildman–Crippen MR) is 77.1 cm³/mol. The minimum atomic E-state index is -0.752. The second kappa shape index (κ2) is 5.47. The first-order valence-corrected chi connectivity index (χ1v) is 7.69. The van der Waals surface area contributed by atoms with Gasteiger partial charge < -0.3 is 5.11 Å². The molecule has 0 unspecified atom stereocenters. The number of nitrogens with zero attached hydrogens (tertiary/aromatic N) is 4. The summed E-state index contributed by atoms with van der Waals surface area (Å²) in [6, 6.07) is 0. The van der Waals surface area contributed by atoms with Crippen LogP contribution < -0.4 is 0 Å². The molecule has 0 saturated carbocycles. The zero-order valence-corrected chi connectivity index (χ0v) is 13.1. The van der Waals surface area contributed by atoms with Crippen LogP contribution in [0.15, 0.2) is 0 Å². The standard InChI is InChI=1S/C13H20N4O2S/c1-5-13(6-2,11(18)19)7-9-16-17-10(8(3)4)14-15-12(17)20-9/h8H,5-7H2,1-4H3,(H,18,19). The average molecular weight is 296 g/mol. The maximum Gasteiger partial charge on any atom is 0.310 e. The topological polar surface area (TPSA) is 80.4 Å². The summed E-state index contributed by atoms with van der Waals surface area (Å²) in [6.07, 6.45) is 1.63. The van der Waals surface area contributed by atoms with Crippen LogP contribution in [0.3, 0.4) is 0 Å². The molecule has 2 heterocycles. The van der Waals surface area contributed by atoms with E-state index in [9.17, 15) is 9.90 Å². The summed E-state index contributed by atoms with van der Waals surface area (Å²) in [6.45, 7) is 7.90. The van der Waals surface area contributed by atoms with Crippen LogP contribution in [0.25, 0.3) is 4.96 Å². The molecule has 0 atom stereocenters. The first kappa shape index (κ1) is 14.9. The summed E-state index contributed by atoms with van der Waals surface area (Å²) in [5, 5.41) is 23.0. The minimum Gasteiger partial charge on any atom is -0.481 e. The van der Waals surface area contributed by atoms with E-state index in [1.807, 2.05) is 27.7 Å². The molecule has 0 bridgehead atoms. The Morgan fingerprint density at radius 2 is 2.00 bits per heavy atom. The summed E-state index contributed by atoms with van der Waals surface area (Å²) < 4.78 is 1.74. The molecule has 0 spiro atoms. The highest BCUT2D eigenvalue weighted by molar-refractivity contribution is 7.16. The number of rotatable bonds is 6. The first-order valence-electron chi connectivity index (χ1n) is 6.88. The highest BCUT2D eigenvalue weighted by Gasteiger charge is 2.36. The highest BCUT2D eigenvalue weighted by atomic mass is 32.1. The lowest BCUT2D eigenvalue weighted by Crippen LogP contribution is -2.32. The zero-order valence-electron chi connectivity index (χ0n) is 12.3. The molecule has 6 nitrogen and oxygen atoms in total. The molecule has 2 rings (SSSR count). The number of aliphatic carboxylic acids is 1. The van der Waals surface area contributed by atoms with E-state index >= 15 is 0 Å². The van der Waals surface area contributed by atoms with Gasteiger partial charge in [-0.2, -0.15) is 9.61 Å². The Labute approximate surface area is 121 Å². The van der Waals surface area contributed by atoms with Crippen LogP contribution in [0.4, 0.5) is 0 Å². The molecule has 0 aliphatic rings. The molecule has 20 heavy (non-hydrogen) atoms. The summed E-state index contributed by atoms with van der Waals surface area (Å²) in [5.74, 6) is 0.301. The van der Waals surface area contributed by atoms with Gasteiger partial charge in [-0.1, -0.05) is 39.0 Å². The molecule has 0 saturated heterocycles. The maximum atomic E-state index is 11.6. The van der Waals surface area contributed by atoms with Crippen LogP contribution >= 0.6 is 11.3 Å². The fraction of sp³-hybridized carbons (Fsp3) is 0.692. The van der Waals surface area contributed by atoms with Crippen molar-refractivity contribution in [3.63, 3.8) is 0 Å². The molecule has 0 fully saturated rings. The van der Waals surface area contributed by atoms with Crippen molar-refractivity contribution >= 4 is 22.3 Å². The lowest BCUT2D eigenvalue weighted by atomic mass is 9.79. The molecule has 0 amide bonds. The van der Waals surface area contributed by atoms with Gasteiger partial charge in [-0.05, 0) is 12.8 Å². The molecule has 7 heteroatoms. The molecular weight excluding hydrogens is 276 g/mol. The van der Waals surface area contributed by atoms with Crippen LogP contribution in [0.2, 0.25) is 0 Å². The van der Waals surface area contributed by atoms with Gasteiger partial charge in [0, 0.05) is 12.3 Å². The Kier molecular flexibility index (Phi) is 4.08. The molecule has 2 aromatic heterocycles. The fourth-order valence-electron chi connectivity index (χ4n) is 2.27. The smallest absolute Gasteiger partial charge is 0.310 e. The van der Waals surface area contributed by atoms with Crippen LogP contribution in [0.5, 0.6) is 0 Å². The van der Waals surface area contributed by atoms with Gasteiger partial charge in [0.15, 0.2) is 5.82 Å². The zero-order chi connectivity index (χ0) is 14.9. The van der Waals surface area contributed by atoms with E-state index in [4.69, 9.17) is 0 Å². The van der Waals surface area contributed by atoms with E-state index < -0.39 is 11.4 Å². The first-order chi connectivity index (χ1) is 9.43. The van der Waals surface area contributed by atoms with Gasteiger partial charge in [-0.25, -0.2) is 0 Å². The van der Waals surface area contributed by atoms with Crippen molar-refractivity contribution in [2.24, 2.45) is 5.41 Å². The molecular formula is C13H20N4O2S. The number of carboxylic acids is 1. The molecule has 0 aromatic carbocycles. The Balaban J connectivity index is 2.36. The number of hydrogen-bond acceptors (Lipinski definition) is 5. The predicted octanol–water partition coefficient (Wildman–Crippen LogP) is 2.74. The van der Waals surface area contributed by atoms with Gasteiger partial charge in [0.25, 0.3) is 0 Å². The van der Waals surface area contributed by atoms with Crippen molar-refractivity contribution in [3.05, 3.63) is 10.8 Å². The van der Waals surface area contributed by atoms with Gasteiger partial charge >= 0.3 is 5.97 Å². The van der Waals surface area contributed by atoms with Gasteiger partial charge in [0.05, 0.1) is 5.41 Å². The summed E-state index contributed by atoms with van der Waals surface area (Å²) in [5.41, 5.74) is -0.735. The van der Waals surface area contributed by atoms with Crippen molar-refractivity contribution in [3.8, 4) is 0 Å². The minimum absolute atomic E-state index is 0.238. The molecule has 2 aromatic rings. The van der Waals surface area contributed by atoms with Crippen molar-refractivity contribution < 1.29 is 9.90 Å². The Bertz CT molecular complexity index is 613. The lowest BCUT2D eigenvalue weighted by Gasteiger charge is -2.25. The Morgan fingerprint density at radius 3 is 2.50 bits per heavy atom. The van der Waals surface area contributed by atoms with E-state index in [-0.39, 0.29) is 5.92 Å². The maximum absolute atomic E-state index is 11.6. The molecule has 0 radical (unpaired) electrons. The monoisotopic (exact) mass is 296 g/mol. The number of carboxylic acid groups (broad SMARTS) is 1. The molecule has 0 aliphatic carbocycles. The molecule has 110 valence electrons. The van der Waals surface area contributed by atoms with Crippen LogP contribution in [-0.2, 0) is 11.2 Å². The van der Waals surface area contributed by atoms with Gasteiger partial charge in [0.2, 0.25) is 4.96 Å². The second-order valence-corrected chi connectivity index (χ2v) is 6.41. The van der Waals surface area contributed by atoms with Gasteiger partial charge in [0.1, 0.15) is 5.01 Å². The molecule has 0 aliphatic heterocycles. The van der Waals surface area contributed by atoms with Crippen molar-refractivity contribution in [2.75, 3.05) is 0 Å². The second-order valence-electron chi connectivity index (χ2n) is 5.37. The normalized spacial score (nSPS) is 12.4. The Hall–Kier alpha value is -1.50. The third-order valence-electron chi connectivity index (χ3n) is 3.87. The molecule has 1 N–H and O–H groups in total. The largest absolute Gasteiger partial charge is 0.481 e. The van der Waals surface area contributed by atoms with E-state index in [0.717, 1.165) is 15.8 Å². The number of aromatic nitrogens is 4. The van der Waals surface area contributed by atoms with E-state index in [0.29, 0.717) is 19.3 Å². The summed E-state index contributed by atoms with van der Waals surface area (Å²) in [4.78, 5) is 12.3. The van der Waals surface area contributed by atoms with Crippen LogP contribution in [0, 0.1) is 5.41 Å². The quantitative estimate of drug-likeness (QED) is 0.886. The van der Waals surface area contributed by atoms with E-state index in [1.54, 1.807) is 4.52 Å². The van der Waals surface area contributed by atoms with Crippen molar-refractivity contribution in [1.29, 1.82) is 0 Å². The highest BCUT2D eigenvalue weighted by Crippen LogP contribution is 2.33. The summed E-state index contributed by atoms with van der Waals surface area (Å²) >= 11 is 1.43. The number of hydrogen-bond donors (Lipinski definition) is 1. The van der Waals surface area contributed by atoms with Crippen LogP contribution in [0.1, 0.15) is 57.3 Å². The Morgan fingerprint density at radius 1 is 1.35 bits per heavy atom.